The summed E-state index contributed by atoms with van der Waals surface area (Å²) in [5, 5.41) is 12.2. The highest BCUT2D eigenvalue weighted by Gasteiger charge is 2.27. The van der Waals surface area contributed by atoms with E-state index in [0.29, 0.717) is 21.0 Å². The first-order chi connectivity index (χ1) is 9.22. The molecule has 20 heavy (non-hydrogen) atoms. The summed E-state index contributed by atoms with van der Waals surface area (Å²) in [7, 11) is 0. The fourth-order valence-electron chi connectivity index (χ4n) is 1.38. The Balaban J connectivity index is 3.16. The number of nitriles is 1. The van der Waals surface area contributed by atoms with Gasteiger partial charge in [-0.3, -0.25) is 4.79 Å². The van der Waals surface area contributed by atoms with Crippen LogP contribution in [0.4, 0.5) is 5.00 Å². The second-order valence-corrected chi connectivity index (χ2v) is 7.52. The van der Waals surface area contributed by atoms with Gasteiger partial charge in [0.1, 0.15) is 15.9 Å². The van der Waals surface area contributed by atoms with Crippen molar-refractivity contribution >= 4 is 44.1 Å². The third-order valence-corrected chi connectivity index (χ3v) is 4.03. The molecule has 0 aliphatic rings. The lowest BCUT2D eigenvalue weighted by Crippen LogP contribution is -2.30. The molecule has 0 saturated heterocycles. The van der Waals surface area contributed by atoms with Crippen molar-refractivity contribution in [3.63, 3.8) is 0 Å². The number of nitrogens with zero attached hydrogens (tertiary/aromatic N) is 1. The average Bonchev–Trinajstić information content (AvgIpc) is 2.64. The molecule has 0 aromatic carbocycles. The summed E-state index contributed by atoms with van der Waals surface area (Å²) in [6.45, 7) is 7.02. The van der Waals surface area contributed by atoms with Gasteiger partial charge >= 0.3 is 5.97 Å². The zero-order chi connectivity index (χ0) is 15.5. The van der Waals surface area contributed by atoms with Gasteiger partial charge in [-0.1, -0.05) is 15.9 Å². The van der Waals surface area contributed by atoms with E-state index in [2.05, 4.69) is 21.2 Å². The Morgan fingerprint density at radius 2 is 2.10 bits per heavy atom. The van der Waals surface area contributed by atoms with Gasteiger partial charge in [-0.25, -0.2) is 4.79 Å². The van der Waals surface area contributed by atoms with E-state index < -0.39 is 10.3 Å². The maximum absolute atomic E-state index is 11.9. The summed E-state index contributed by atoms with van der Waals surface area (Å²) in [4.78, 5) is 24.1. The molecule has 0 aliphatic carbocycles. The van der Waals surface area contributed by atoms with E-state index in [1.54, 1.807) is 27.7 Å². The fraction of sp³-hybridized carbons (Fsp3) is 0.462. The van der Waals surface area contributed by atoms with E-state index in [9.17, 15) is 14.9 Å². The molecule has 0 fully saturated rings. The number of esters is 1. The average molecular weight is 359 g/mol. The van der Waals surface area contributed by atoms with Crippen LogP contribution in [0.15, 0.2) is 0 Å². The van der Waals surface area contributed by atoms with E-state index in [4.69, 9.17) is 4.74 Å². The summed E-state index contributed by atoms with van der Waals surface area (Å²) < 4.78 is 4.17. The SMILES string of the molecule is CCOC(=O)c1sc(NC(=O)C(C)(C)Br)c(C#N)c1C. The van der Waals surface area contributed by atoms with Crippen LogP contribution in [-0.2, 0) is 9.53 Å². The number of carbonyl (C=O) groups excluding carboxylic acids is 2. The van der Waals surface area contributed by atoms with Crippen LogP contribution in [0.2, 0.25) is 0 Å². The highest BCUT2D eigenvalue weighted by molar-refractivity contribution is 9.10. The predicted molar refractivity (Wildman–Crippen MR) is 81.4 cm³/mol. The van der Waals surface area contributed by atoms with Gasteiger partial charge in [-0.05, 0) is 33.3 Å². The van der Waals surface area contributed by atoms with E-state index in [1.165, 1.54) is 0 Å². The van der Waals surface area contributed by atoms with Crippen molar-refractivity contribution in [1.82, 2.24) is 0 Å². The number of alkyl halides is 1. The van der Waals surface area contributed by atoms with E-state index >= 15 is 0 Å². The number of amides is 1. The van der Waals surface area contributed by atoms with Gasteiger partial charge < -0.3 is 10.1 Å². The molecule has 0 aliphatic heterocycles. The van der Waals surface area contributed by atoms with E-state index in [1.807, 2.05) is 6.07 Å². The maximum Gasteiger partial charge on any atom is 0.348 e. The topological polar surface area (TPSA) is 79.2 Å². The maximum atomic E-state index is 11.9. The predicted octanol–water partition coefficient (Wildman–Crippen LogP) is 3.22. The van der Waals surface area contributed by atoms with Crippen LogP contribution in [0.5, 0.6) is 0 Å². The molecular formula is C13H15BrN2O3S. The van der Waals surface area contributed by atoms with Crippen molar-refractivity contribution < 1.29 is 14.3 Å². The summed E-state index contributed by atoms with van der Waals surface area (Å²) in [6, 6.07) is 2.01. The minimum atomic E-state index is -0.762. The molecule has 1 aromatic heterocycles. The Morgan fingerprint density at radius 1 is 1.50 bits per heavy atom. The van der Waals surface area contributed by atoms with Crippen LogP contribution in [-0.4, -0.2) is 22.8 Å². The second kappa shape index (κ2) is 6.37. The van der Waals surface area contributed by atoms with Crippen LogP contribution in [0.1, 0.15) is 41.6 Å². The summed E-state index contributed by atoms with van der Waals surface area (Å²) in [5.74, 6) is -0.768. The highest BCUT2D eigenvalue weighted by Crippen LogP contribution is 2.34. The van der Waals surface area contributed by atoms with Crippen molar-refractivity contribution in [1.29, 1.82) is 5.26 Å². The van der Waals surface area contributed by atoms with Gasteiger partial charge in [0.05, 0.1) is 16.5 Å². The van der Waals surface area contributed by atoms with Gasteiger partial charge in [-0.15, -0.1) is 11.3 Å². The minimum Gasteiger partial charge on any atom is -0.462 e. The standard InChI is InChI=1S/C13H15BrN2O3S/c1-5-19-11(17)9-7(2)8(6-15)10(20-9)16-12(18)13(3,4)14/h5H2,1-4H3,(H,16,18). The smallest absolute Gasteiger partial charge is 0.348 e. The molecule has 0 saturated carbocycles. The molecule has 1 N–H and O–H groups in total. The second-order valence-electron chi connectivity index (χ2n) is 4.52. The number of ether oxygens (including phenoxy) is 1. The lowest BCUT2D eigenvalue weighted by molar-refractivity contribution is -0.117. The van der Waals surface area contributed by atoms with Gasteiger partial charge in [0.2, 0.25) is 5.91 Å². The van der Waals surface area contributed by atoms with Crippen molar-refractivity contribution in [3.05, 3.63) is 16.0 Å². The van der Waals surface area contributed by atoms with Crippen LogP contribution < -0.4 is 5.32 Å². The Kier molecular flexibility index (Phi) is 5.31. The molecule has 0 spiro atoms. The fourth-order valence-corrected chi connectivity index (χ4v) is 2.52. The lowest BCUT2D eigenvalue weighted by atomic mass is 10.1. The monoisotopic (exact) mass is 358 g/mol. The first kappa shape index (κ1) is 16.7. The quantitative estimate of drug-likeness (QED) is 0.661. The van der Waals surface area contributed by atoms with Crippen LogP contribution in [0, 0.1) is 18.3 Å². The molecule has 0 radical (unpaired) electrons. The number of thiophene rings is 1. The van der Waals surface area contributed by atoms with Crippen molar-refractivity contribution in [2.24, 2.45) is 0 Å². The normalized spacial score (nSPS) is 10.8. The molecule has 1 heterocycles. The molecule has 0 atom stereocenters. The molecule has 7 heteroatoms. The van der Waals surface area contributed by atoms with Gasteiger partial charge in [0.15, 0.2) is 0 Å². The third-order valence-electron chi connectivity index (χ3n) is 2.49. The number of hydrogen-bond donors (Lipinski definition) is 1. The molecule has 5 nitrogen and oxygen atoms in total. The van der Waals surface area contributed by atoms with E-state index in [-0.39, 0.29) is 12.5 Å². The third kappa shape index (κ3) is 3.58. The number of hydrogen-bond acceptors (Lipinski definition) is 5. The summed E-state index contributed by atoms with van der Waals surface area (Å²) in [6.07, 6.45) is 0. The molecule has 1 amide bonds. The number of rotatable bonds is 4. The highest BCUT2D eigenvalue weighted by atomic mass is 79.9. The zero-order valence-electron chi connectivity index (χ0n) is 11.7. The Bertz CT molecular complexity index is 582. The zero-order valence-corrected chi connectivity index (χ0v) is 14.1. The first-order valence-corrected chi connectivity index (χ1v) is 7.54. The first-order valence-electron chi connectivity index (χ1n) is 5.93. The Hall–Kier alpha value is -1.39. The molecule has 108 valence electrons. The van der Waals surface area contributed by atoms with Crippen LogP contribution in [0.25, 0.3) is 0 Å². The Labute approximate surface area is 130 Å². The number of anilines is 1. The van der Waals surface area contributed by atoms with Crippen molar-refractivity contribution in [2.75, 3.05) is 11.9 Å². The van der Waals surface area contributed by atoms with Gasteiger partial charge in [0, 0.05) is 0 Å². The number of nitrogens with one attached hydrogen (secondary N) is 1. The molecule has 1 aromatic rings. The van der Waals surface area contributed by atoms with Crippen LogP contribution in [0.3, 0.4) is 0 Å². The van der Waals surface area contributed by atoms with Crippen molar-refractivity contribution in [3.8, 4) is 6.07 Å². The summed E-state index contributed by atoms with van der Waals surface area (Å²) >= 11 is 4.30. The minimum absolute atomic E-state index is 0.258. The lowest BCUT2D eigenvalue weighted by Gasteiger charge is -2.14. The van der Waals surface area contributed by atoms with Gasteiger partial charge in [-0.2, -0.15) is 5.26 Å². The van der Waals surface area contributed by atoms with E-state index in [0.717, 1.165) is 11.3 Å². The largest absolute Gasteiger partial charge is 0.462 e. The van der Waals surface area contributed by atoms with Crippen LogP contribution >= 0.6 is 27.3 Å². The van der Waals surface area contributed by atoms with Crippen molar-refractivity contribution in [2.45, 2.75) is 32.0 Å². The molecular weight excluding hydrogens is 344 g/mol. The number of carbonyl (C=O) groups is 2. The number of halogens is 1. The van der Waals surface area contributed by atoms with Gasteiger partial charge in [0.25, 0.3) is 0 Å². The Morgan fingerprint density at radius 3 is 2.55 bits per heavy atom. The molecule has 0 bridgehead atoms. The summed E-state index contributed by atoms with van der Waals surface area (Å²) in [5.41, 5.74) is 0.821. The molecule has 1 rings (SSSR count). The molecule has 0 unspecified atom stereocenters.